The first-order valence-corrected chi connectivity index (χ1v) is 10.6. The van der Waals surface area contributed by atoms with Crippen LogP contribution in [0.4, 0.5) is 5.69 Å². The normalized spacial score (nSPS) is 11.6. The molecule has 9 heteroatoms. The largest absolute Gasteiger partial charge is 0.497 e. The van der Waals surface area contributed by atoms with Gasteiger partial charge in [-0.15, -0.1) is 11.3 Å². The van der Waals surface area contributed by atoms with Crippen LogP contribution >= 0.6 is 11.3 Å². The number of ether oxygens (including phenoxy) is 2. The van der Waals surface area contributed by atoms with Crippen molar-refractivity contribution in [2.24, 2.45) is 0 Å². The Bertz CT molecular complexity index is 1030. The van der Waals surface area contributed by atoms with Crippen molar-refractivity contribution in [1.82, 2.24) is 9.78 Å². The SMILES string of the molecule is COc1ccc(OC)c(NS(=O)(=O)c2cn(C(C)C)nc2-c2cccs2)c1. The molecule has 0 amide bonds. The van der Waals surface area contributed by atoms with E-state index in [1.54, 1.807) is 29.1 Å². The van der Waals surface area contributed by atoms with Crippen LogP contribution < -0.4 is 14.2 Å². The van der Waals surface area contributed by atoms with Gasteiger partial charge in [-0.05, 0) is 37.4 Å². The van der Waals surface area contributed by atoms with Gasteiger partial charge in [0.05, 0.1) is 24.8 Å². The van der Waals surface area contributed by atoms with E-state index in [-0.39, 0.29) is 10.9 Å². The van der Waals surface area contributed by atoms with Crippen molar-refractivity contribution in [2.75, 3.05) is 18.9 Å². The second kappa shape index (κ2) is 7.61. The van der Waals surface area contributed by atoms with E-state index in [0.29, 0.717) is 22.9 Å². The molecule has 0 saturated heterocycles. The van der Waals surface area contributed by atoms with Crippen molar-refractivity contribution in [3.63, 3.8) is 0 Å². The summed E-state index contributed by atoms with van der Waals surface area (Å²) < 4.78 is 41.0. The van der Waals surface area contributed by atoms with Crippen LogP contribution in [-0.2, 0) is 10.0 Å². The quantitative estimate of drug-likeness (QED) is 0.640. The summed E-state index contributed by atoms with van der Waals surface area (Å²) in [4.78, 5) is 0.899. The first-order chi connectivity index (χ1) is 12.9. The highest BCUT2D eigenvalue weighted by Gasteiger charge is 2.26. The number of sulfonamides is 1. The Balaban J connectivity index is 2.08. The third-order valence-corrected chi connectivity index (χ3v) is 6.17. The summed E-state index contributed by atoms with van der Waals surface area (Å²) in [5.74, 6) is 0.915. The van der Waals surface area contributed by atoms with E-state index in [0.717, 1.165) is 4.88 Å². The topological polar surface area (TPSA) is 82.5 Å². The molecule has 1 aromatic carbocycles. The summed E-state index contributed by atoms with van der Waals surface area (Å²) in [6.07, 6.45) is 1.55. The number of methoxy groups -OCH3 is 2. The molecule has 0 atom stereocenters. The molecule has 3 aromatic rings. The molecule has 0 aliphatic heterocycles. The van der Waals surface area contributed by atoms with E-state index in [1.165, 1.54) is 25.6 Å². The second-order valence-electron chi connectivity index (χ2n) is 6.06. The van der Waals surface area contributed by atoms with E-state index in [1.807, 2.05) is 31.4 Å². The van der Waals surface area contributed by atoms with Gasteiger partial charge in [-0.25, -0.2) is 8.42 Å². The Kier molecular flexibility index (Phi) is 5.43. The molecule has 0 fully saturated rings. The van der Waals surface area contributed by atoms with Crippen molar-refractivity contribution in [2.45, 2.75) is 24.8 Å². The Morgan fingerprint density at radius 1 is 1.19 bits per heavy atom. The van der Waals surface area contributed by atoms with Crippen molar-refractivity contribution in [1.29, 1.82) is 0 Å². The third kappa shape index (κ3) is 3.93. The smallest absolute Gasteiger partial charge is 0.265 e. The van der Waals surface area contributed by atoms with Crippen LogP contribution in [0.3, 0.4) is 0 Å². The van der Waals surface area contributed by atoms with Gasteiger partial charge in [-0.1, -0.05) is 6.07 Å². The fourth-order valence-electron chi connectivity index (χ4n) is 2.51. The van der Waals surface area contributed by atoms with E-state index < -0.39 is 10.0 Å². The van der Waals surface area contributed by atoms with Gasteiger partial charge in [0.2, 0.25) is 0 Å². The molecule has 0 aliphatic rings. The van der Waals surface area contributed by atoms with Crippen LogP contribution in [0.1, 0.15) is 19.9 Å². The van der Waals surface area contributed by atoms with E-state index in [2.05, 4.69) is 9.82 Å². The highest BCUT2D eigenvalue weighted by Crippen LogP contribution is 2.34. The lowest BCUT2D eigenvalue weighted by molar-refractivity contribution is 0.405. The van der Waals surface area contributed by atoms with Crippen LogP contribution in [0.5, 0.6) is 11.5 Å². The molecule has 0 bridgehead atoms. The van der Waals surface area contributed by atoms with Gasteiger partial charge in [0.1, 0.15) is 22.1 Å². The number of hydrogen-bond donors (Lipinski definition) is 1. The first kappa shape index (κ1) is 19.2. The van der Waals surface area contributed by atoms with Crippen molar-refractivity contribution < 1.29 is 17.9 Å². The Hall–Kier alpha value is -2.52. The number of nitrogens with one attached hydrogen (secondary N) is 1. The molecule has 27 heavy (non-hydrogen) atoms. The van der Waals surface area contributed by atoms with Gasteiger partial charge < -0.3 is 9.47 Å². The van der Waals surface area contributed by atoms with E-state index in [9.17, 15) is 8.42 Å². The Labute approximate surface area is 162 Å². The lowest BCUT2D eigenvalue weighted by Gasteiger charge is -2.13. The zero-order valence-electron chi connectivity index (χ0n) is 15.5. The number of benzene rings is 1. The highest BCUT2D eigenvalue weighted by molar-refractivity contribution is 7.92. The molecular formula is C18H21N3O4S2. The summed E-state index contributed by atoms with van der Waals surface area (Å²) in [5.41, 5.74) is 0.722. The molecule has 0 radical (unpaired) electrons. The van der Waals surface area contributed by atoms with Gasteiger partial charge in [0.15, 0.2) is 0 Å². The Morgan fingerprint density at radius 3 is 2.56 bits per heavy atom. The lowest BCUT2D eigenvalue weighted by Crippen LogP contribution is -2.14. The summed E-state index contributed by atoms with van der Waals surface area (Å²) in [5, 5.41) is 6.38. The maximum Gasteiger partial charge on any atom is 0.265 e. The van der Waals surface area contributed by atoms with Gasteiger partial charge in [-0.3, -0.25) is 9.40 Å². The maximum absolute atomic E-state index is 13.2. The molecular weight excluding hydrogens is 386 g/mol. The van der Waals surface area contributed by atoms with Gasteiger partial charge >= 0.3 is 0 Å². The van der Waals surface area contributed by atoms with Crippen LogP contribution in [-0.4, -0.2) is 32.4 Å². The predicted octanol–water partition coefficient (Wildman–Crippen LogP) is 4.01. The zero-order valence-corrected chi connectivity index (χ0v) is 17.1. The average Bonchev–Trinajstić information content (AvgIpc) is 3.30. The van der Waals surface area contributed by atoms with Gasteiger partial charge in [-0.2, -0.15) is 5.10 Å². The number of nitrogens with zero attached hydrogens (tertiary/aromatic N) is 2. The van der Waals surface area contributed by atoms with Crippen molar-refractivity contribution >= 4 is 27.0 Å². The fourth-order valence-corrected chi connectivity index (χ4v) is 4.51. The molecule has 2 heterocycles. The summed E-state index contributed by atoms with van der Waals surface area (Å²) >= 11 is 1.44. The molecule has 3 rings (SSSR count). The number of hydrogen-bond acceptors (Lipinski definition) is 6. The maximum atomic E-state index is 13.2. The van der Waals surface area contributed by atoms with Gasteiger partial charge in [0.25, 0.3) is 10.0 Å². The van der Waals surface area contributed by atoms with Crippen LogP contribution in [0.25, 0.3) is 10.6 Å². The average molecular weight is 408 g/mol. The van der Waals surface area contributed by atoms with Gasteiger partial charge in [0, 0.05) is 18.3 Å². The third-order valence-electron chi connectivity index (χ3n) is 3.92. The Morgan fingerprint density at radius 2 is 1.96 bits per heavy atom. The summed E-state index contributed by atoms with van der Waals surface area (Å²) in [7, 11) is -0.907. The highest BCUT2D eigenvalue weighted by atomic mass is 32.2. The first-order valence-electron chi connectivity index (χ1n) is 8.23. The minimum Gasteiger partial charge on any atom is -0.497 e. The van der Waals surface area contributed by atoms with Crippen LogP contribution in [0.15, 0.2) is 46.8 Å². The van der Waals surface area contributed by atoms with Crippen molar-refractivity contribution in [3.8, 4) is 22.1 Å². The summed E-state index contributed by atoms with van der Waals surface area (Å²) in [6.45, 7) is 3.89. The number of thiophene rings is 1. The van der Waals surface area contributed by atoms with Crippen LogP contribution in [0, 0.1) is 0 Å². The monoisotopic (exact) mass is 407 g/mol. The minimum atomic E-state index is -3.90. The molecule has 7 nitrogen and oxygen atoms in total. The zero-order chi connectivity index (χ0) is 19.6. The van der Waals surface area contributed by atoms with Crippen LogP contribution in [0.2, 0.25) is 0 Å². The molecule has 144 valence electrons. The molecule has 0 unspecified atom stereocenters. The molecule has 0 spiro atoms. The standard InChI is InChI=1S/C18H21N3O4S2/c1-12(2)21-11-17(18(19-21)16-6-5-9-26-16)27(22,23)20-14-10-13(24-3)7-8-15(14)25-4/h5-12,20H,1-4H3. The van der Waals surface area contributed by atoms with Crippen molar-refractivity contribution in [3.05, 3.63) is 41.9 Å². The van der Waals surface area contributed by atoms with E-state index >= 15 is 0 Å². The number of aromatic nitrogens is 2. The van der Waals surface area contributed by atoms with E-state index in [4.69, 9.17) is 9.47 Å². The number of anilines is 1. The second-order valence-corrected chi connectivity index (χ2v) is 8.66. The minimum absolute atomic E-state index is 0.0269. The molecule has 1 N–H and O–H groups in total. The fraction of sp³-hybridized carbons (Fsp3) is 0.278. The predicted molar refractivity (Wildman–Crippen MR) is 106 cm³/mol. The summed E-state index contributed by atoms with van der Waals surface area (Å²) in [6, 6.07) is 8.66. The molecule has 0 saturated carbocycles. The molecule has 0 aliphatic carbocycles. The number of rotatable bonds is 7. The lowest BCUT2D eigenvalue weighted by atomic mass is 10.3. The molecule has 2 aromatic heterocycles.